The molecule has 0 heterocycles. The van der Waals surface area contributed by atoms with Gasteiger partial charge in [0.25, 0.3) is 0 Å². The molecule has 0 unspecified atom stereocenters. The first kappa shape index (κ1) is 14.6. The third-order valence-corrected chi connectivity index (χ3v) is 3.17. The van der Waals surface area contributed by atoms with Crippen molar-refractivity contribution in [1.29, 1.82) is 0 Å². The van der Waals surface area contributed by atoms with Crippen molar-refractivity contribution in [3.05, 3.63) is 62.9 Å². The Labute approximate surface area is 123 Å². The summed E-state index contributed by atoms with van der Waals surface area (Å²) in [6.45, 7) is 0. The Morgan fingerprint density at radius 3 is 2.65 bits per heavy atom. The van der Waals surface area contributed by atoms with Crippen LogP contribution in [0.3, 0.4) is 0 Å². The van der Waals surface area contributed by atoms with Crippen molar-refractivity contribution in [2.45, 2.75) is 5.88 Å². The van der Waals surface area contributed by atoms with Crippen LogP contribution in [0.5, 0.6) is 11.5 Å². The molecule has 20 heavy (non-hydrogen) atoms. The van der Waals surface area contributed by atoms with Crippen LogP contribution in [0, 0.1) is 15.9 Å². The van der Waals surface area contributed by atoms with E-state index in [1.807, 2.05) is 0 Å². The van der Waals surface area contributed by atoms with Gasteiger partial charge in [0.2, 0.25) is 5.82 Å². The number of nitro groups is 1. The zero-order valence-corrected chi connectivity index (χ0v) is 11.5. The lowest BCUT2D eigenvalue weighted by Crippen LogP contribution is -1.94. The van der Waals surface area contributed by atoms with Crippen molar-refractivity contribution in [3.63, 3.8) is 0 Å². The van der Waals surface area contributed by atoms with E-state index in [9.17, 15) is 14.5 Å². The fraction of sp³-hybridized carbons (Fsp3) is 0.0769. The Morgan fingerprint density at radius 2 is 2.05 bits per heavy atom. The number of benzene rings is 2. The molecule has 0 aliphatic heterocycles. The maximum Gasteiger partial charge on any atom is 0.305 e. The summed E-state index contributed by atoms with van der Waals surface area (Å²) < 4.78 is 19.0. The number of halogens is 3. The number of rotatable bonds is 4. The Hall–Kier alpha value is -1.85. The zero-order valence-electron chi connectivity index (χ0n) is 9.98. The Balaban J connectivity index is 2.34. The molecule has 2 aromatic rings. The summed E-state index contributed by atoms with van der Waals surface area (Å²) in [5, 5.41) is 11.0. The van der Waals surface area contributed by atoms with Gasteiger partial charge in [-0.2, -0.15) is 4.39 Å². The van der Waals surface area contributed by atoms with Gasteiger partial charge in [-0.1, -0.05) is 17.7 Å². The van der Waals surface area contributed by atoms with Crippen LogP contribution in [-0.4, -0.2) is 4.92 Å². The minimum absolute atomic E-state index is 0.127. The Kier molecular flexibility index (Phi) is 4.42. The van der Waals surface area contributed by atoms with E-state index in [2.05, 4.69) is 0 Å². The SMILES string of the molecule is O=[N+]([O-])c1ccc(Oc2cccc(Cl)c2CCl)cc1F. The highest BCUT2D eigenvalue weighted by molar-refractivity contribution is 6.32. The fourth-order valence-electron chi connectivity index (χ4n) is 1.59. The molecule has 104 valence electrons. The summed E-state index contributed by atoms with van der Waals surface area (Å²) in [5.74, 6) is -0.339. The second-order valence-electron chi connectivity index (χ2n) is 3.82. The summed E-state index contributed by atoms with van der Waals surface area (Å²) in [4.78, 5) is 9.72. The number of nitro benzene ring substituents is 1. The number of alkyl halides is 1. The summed E-state index contributed by atoms with van der Waals surface area (Å²) in [5.41, 5.74) is -0.0457. The molecule has 0 saturated carbocycles. The second kappa shape index (κ2) is 6.07. The molecular weight excluding hydrogens is 308 g/mol. The highest BCUT2D eigenvalue weighted by atomic mass is 35.5. The lowest BCUT2D eigenvalue weighted by molar-refractivity contribution is -0.387. The van der Waals surface area contributed by atoms with E-state index in [1.165, 1.54) is 6.07 Å². The first-order valence-electron chi connectivity index (χ1n) is 5.48. The van der Waals surface area contributed by atoms with Gasteiger partial charge < -0.3 is 4.74 Å². The molecule has 2 aromatic carbocycles. The van der Waals surface area contributed by atoms with Gasteiger partial charge in [0.15, 0.2) is 0 Å². The molecule has 0 atom stereocenters. The molecule has 0 radical (unpaired) electrons. The number of nitrogens with zero attached hydrogens (tertiary/aromatic N) is 1. The zero-order chi connectivity index (χ0) is 14.7. The standard InChI is InChI=1S/C13H8Cl2FNO3/c14-7-9-10(15)2-1-3-13(9)20-8-4-5-12(17(18)19)11(16)6-8/h1-6H,7H2. The van der Waals surface area contributed by atoms with Crippen molar-refractivity contribution >= 4 is 28.9 Å². The van der Waals surface area contributed by atoms with Crippen LogP contribution in [-0.2, 0) is 5.88 Å². The second-order valence-corrected chi connectivity index (χ2v) is 4.50. The van der Waals surface area contributed by atoms with E-state index in [1.54, 1.807) is 18.2 Å². The monoisotopic (exact) mass is 315 g/mol. The van der Waals surface area contributed by atoms with Crippen LogP contribution in [0.15, 0.2) is 36.4 Å². The van der Waals surface area contributed by atoms with Crippen LogP contribution >= 0.6 is 23.2 Å². The van der Waals surface area contributed by atoms with Gasteiger partial charge in [0.05, 0.1) is 10.8 Å². The number of ether oxygens (including phenoxy) is 1. The van der Waals surface area contributed by atoms with Crippen LogP contribution in [0.4, 0.5) is 10.1 Å². The summed E-state index contributed by atoms with van der Waals surface area (Å²) >= 11 is 11.7. The average molecular weight is 316 g/mol. The Morgan fingerprint density at radius 1 is 1.30 bits per heavy atom. The minimum Gasteiger partial charge on any atom is -0.457 e. The van der Waals surface area contributed by atoms with Crippen molar-refractivity contribution in [2.75, 3.05) is 0 Å². The maximum absolute atomic E-state index is 13.5. The summed E-state index contributed by atoms with van der Waals surface area (Å²) in [6, 6.07) is 8.23. The van der Waals surface area contributed by atoms with E-state index >= 15 is 0 Å². The van der Waals surface area contributed by atoms with Crippen molar-refractivity contribution in [2.24, 2.45) is 0 Å². The van der Waals surface area contributed by atoms with Gasteiger partial charge in [-0.05, 0) is 18.2 Å². The molecule has 0 N–H and O–H groups in total. The summed E-state index contributed by atoms with van der Waals surface area (Å²) in [7, 11) is 0. The van der Waals surface area contributed by atoms with Gasteiger partial charge in [0, 0.05) is 22.7 Å². The van der Waals surface area contributed by atoms with Gasteiger partial charge in [-0.3, -0.25) is 10.1 Å². The molecule has 0 aromatic heterocycles. The van der Waals surface area contributed by atoms with Crippen LogP contribution < -0.4 is 4.74 Å². The van der Waals surface area contributed by atoms with Crippen molar-refractivity contribution in [3.8, 4) is 11.5 Å². The van der Waals surface area contributed by atoms with E-state index in [-0.39, 0.29) is 11.6 Å². The molecule has 4 nitrogen and oxygen atoms in total. The summed E-state index contributed by atoms with van der Waals surface area (Å²) in [6.07, 6.45) is 0. The fourth-order valence-corrected chi connectivity index (χ4v) is 2.17. The molecule has 0 aliphatic rings. The van der Waals surface area contributed by atoms with Gasteiger partial charge in [-0.15, -0.1) is 11.6 Å². The lowest BCUT2D eigenvalue weighted by Gasteiger charge is -2.10. The van der Waals surface area contributed by atoms with Crippen molar-refractivity contribution in [1.82, 2.24) is 0 Å². The molecule has 0 amide bonds. The highest BCUT2D eigenvalue weighted by Crippen LogP contribution is 2.33. The molecule has 0 saturated heterocycles. The Bertz CT molecular complexity index is 664. The quantitative estimate of drug-likeness (QED) is 0.457. The number of hydrogen-bond acceptors (Lipinski definition) is 3. The van der Waals surface area contributed by atoms with Gasteiger partial charge >= 0.3 is 5.69 Å². The highest BCUT2D eigenvalue weighted by Gasteiger charge is 2.15. The molecule has 0 spiro atoms. The normalized spacial score (nSPS) is 10.3. The number of hydrogen-bond donors (Lipinski definition) is 0. The molecule has 7 heteroatoms. The van der Waals surface area contributed by atoms with Crippen LogP contribution in [0.25, 0.3) is 0 Å². The topological polar surface area (TPSA) is 52.4 Å². The smallest absolute Gasteiger partial charge is 0.305 e. The largest absolute Gasteiger partial charge is 0.457 e. The maximum atomic E-state index is 13.5. The molecule has 0 fully saturated rings. The first-order chi connectivity index (χ1) is 9.52. The average Bonchev–Trinajstić information content (AvgIpc) is 2.38. The van der Waals surface area contributed by atoms with Crippen molar-refractivity contribution < 1.29 is 14.1 Å². The molecular formula is C13H8Cl2FNO3. The lowest BCUT2D eigenvalue weighted by atomic mass is 10.2. The van der Waals surface area contributed by atoms with Crippen LogP contribution in [0.2, 0.25) is 5.02 Å². The molecule has 0 bridgehead atoms. The molecule has 2 rings (SSSR count). The third kappa shape index (κ3) is 3.00. The van der Waals surface area contributed by atoms with Gasteiger partial charge in [0.1, 0.15) is 11.5 Å². The van der Waals surface area contributed by atoms with E-state index in [4.69, 9.17) is 27.9 Å². The minimum atomic E-state index is -0.970. The molecule has 0 aliphatic carbocycles. The van der Waals surface area contributed by atoms with E-state index in [0.29, 0.717) is 16.3 Å². The predicted molar refractivity (Wildman–Crippen MR) is 74.1 cm³/mol. The van der Waals surface area contributed by atoms with Crippen LogP contribution in [0.1, 0.15) is 5.56 Å². The van der Waals surface area contributed by atoms with E-state index < -0.39 is 16.4 Å². The predicted octanol–water partition coefficient (Wildman–Crippen LogP) is 4.92. The third-order valence-electron chi connectivity index (χ3n) is 2.55. The van der Waals surface area contributed by atoms with E-state index in [0.717, 1.165) is 12.1 Å². The first-order valence-corrected chi connectivity index (χ1v) is 6.39. The van der Waals surface area contributed by atoms with Gasteiger partial charge in [-0.25, -0.2) is 0 Å².